The Kier molecular flexibility index (Phi) is 5.83. The Bertz CT molecular complexity index is 410. The molecule has 0 aliphatic carbocycles. The molecule has 1 aliphatic heterocycles. The molecule has 5 nitrogen and oxygen atoms in total. The van der Waals surface area contributed by atoms with Crippen molar-refractivity contribution in [2.45, 2.75) is 44.2 Å². The predicted octanol–water partition coefficient (Wildman–Crippen LogP) is 2.37. The molecule has 0 spiro atoms. The highest BCUT2D eigenvalue weighted by molar-refractivity contribution is 5.73. The van der Waals surface area contributed by atoms with E-state index in [0.29, 0.717) is 13.0 Å². The summed E-state index contributed by atoms with van der Waals surface area (Å²) < 4.78 is 5.61. The number of carbonyl (C=O) groups is 1. The van der Waals surface area contributed by atoms with Crippen LogP contribution in [0.1, 0.15) is 32.1 Å². The Balaban J connectivity index is 1.49. The van der Waals surface area contributed by atoms with Gasteiger partial charge in [-0.15, -0.1) is 0 Å². The van der Waals surface area contributed by atoms with Crippen LogP contribution in [0.2, 0.25) is 0 Å². The molecular weight excluding hydrogens is 258 g/mol. The lowest BCUT2D eigenvalue weighted by Crippen LogP contribution is -2.29. The van der Waals surface area contributed by atoms with E-state index in [2.05, 4.69) is 5.48 Å². The Hall–Kier alpha value is -1.59. The maximum atomic E-state index is 10.7. The van der Waals surface area contributed by atoms with Gasteiger partial charge >= 0.3 is 5.97 Å². The van der Waals surface area contributed by atoms with E-state index in [4.69, 9.17) is 14.7 Å². The summed E-state index contributed by atoms with van der Waals surface area (Å²) in [7, 11) is 0. The molecule has 5 heteroatoms. The van der Waals surface area contributed by atoms with Gasteiger partial charge in [0.15, 0.2) is 0 Å². The van der Waals surface area contributed by atoms with Gasteiger partial charge in [-0.25, -0.2) is 0 Å². The lowest BCUT2D eigenvalue weighted by atomic mass is 10.1. The average Bonchev–Trinajstić information content (AvgIpc) is 2.93. The van der Waals surface area contributed by atoms with Crippen LogP contribution in [-0.2, 0) is 9.63 Å². The first-order valence-electron chi connectivity index (χ1n) is 7.07. The van der Waals surface area contributed by atoms with Gasteiger partial charge in [0.25, 0.3) is 0 Å². The number of ether oxygens (including phenoxy) is 1. The van der Waals surface area contributed by atoms with Crippen LogP contribution < -0.4 is 10.2 Å². The fourth-order valence-electron chi connectivity index (χ4n) is 2.22. The van der Waals surface area contributed by atoms with Gasteiger partial charge in [-0.2, -0.15) is 5.48 Å². The van der Waals surface area contributed by atoms with Gasteiger partial charge in [0, 0.05) is 6.42 Å². The third-order valence-corrected chi connectivity index (χ3v) is 3.36. The molecule has 0 bridgehead atoms. The minimum Gasteiger partial charge on any atom is -0.494 e. The topological polar surface area (TPSA) is 67.8 Å². The second-order valence-corrected chi connectivity index (χ2v) is 5.00. The van der Waals surface area contributed by atoms with Gasteiger partial charge in [0.2, 0.25) is 0 Å². The fourth-order valence-corrected chi connectivity index (χ4v) is 2.22. The van der Waals surface area contributed by atoms with Crippen molar-refractivity contribution < 1.29 is 19.5 Å². The monoisotopic (exact) mass is 279 g/mol. The van der Waals surface area contributed by atoms with E-state index in [1.54, 1.807) is 0 Å². The summed E-state index contributed by atoms with van der Waals surface area (Å²) in [5, 5.41) is 8.82. The molecule has 1 aromatic rings. The van der Waals surface area contributed by atoms with Gasteiger partial charge in [0.05, 0.1) is 12.7 Å². The van der Waals surface area contributed by atoms with Crippen LogP contribution in [0, 0.1) is 0 Å². The summed E-state index contributed by atoms with van der Waals surface area (Å²) in [6.07, 6.45) is 4.54. The highest BCUT2D eigenvalue weighted by atomic mass is 16.7. The van der Waals surface area contributed by atoms with Crippen molar-refractivity contribution in [1.29, 1.82) is 0 Å². The molecule has 1 fully saturated rings. The summed E-state index contributed by atoms with van der Waals surface area (Å²) in [5.41, 5.74) is 2.56. The van der Waals surface area contributed by atoms with Crippen molar-refractivity contribution in [2.24, 2.45) is 0 Å². The summed E-state index contributed by atoms with van der Waals surface area (Å²) >= 11 is 0. The number of nitrogens with one attached hydrogen (secondary N) is 1. The average molecular weight is 279 g/mol. The van der Waals surface area contributed by atoms with Crippen LogP contribution in [0.3, 0.4) is 0 Å². The Labute approximate surface area is 118 Å². The molecule has 1 heterocycles. The molecule has 2 atom stereocenters. The summed E-state index contributed by atoms with van der Waals surface area (Å²) in [4.78, 5) is 16.0. The summed E-state index contributed by atoms with van der Waals surface area (Å²) in [5.74, 6) is 0.0592. The zero-order valence-corrected chi connectivity index (χ0v) is 11.5. The number of hydrogen-bond donors (Lipinski definition) is 2. The number of carboxylic acids is 1. The lowest BCUT2D eigenvalue weighted by Gasteiger charge is -2.08. The van der Waals surface area contributed by atoms with Crippen LogP contribution in [0.15, 0.2) is 30.3 Å². The summed E-state index contributed by atoms with van der Waals surface area (Å²) in [6.45, 7) is 0.714. The maximum absolute atomic E-state index is 10.7. The molecule has 20 heavy (non-hydrogen) atoms. The van der Waals surface area contributed by atoms with Gasteiger partial charge in [-0.3, -0.25) is 9.63 Å². The van der Waals surface area contributed by atoms with Crippen molar-refractivity contribution in [2.75, 3.05) is 6.61 Å². The molecule has 2 unspecified atom stereocenters. The van der Waals surface area contributed by atoms with E-state index < -0.39 is 12.0 Å². The number of para-hydroxylation sites is 1. The van der Waals surface area contributed by atoms with Crippen LogP contribution >= 0.6 is 0 Å². The normalized spacial score (nSPS) is 21.8. The first-order valence-corrected chi connectivity index (χ1v) is 7.07. The number of benzene rings is 1. The number of rotatable bonds is 8. The van der Waals surface area contributed by atoms with Gasteiger partial charge in [0.1, 0.15) is 11.8 Å². The van der Waals surface area contributed by atoms with Crippen molar-refractivity contribution >= 4 is 5.97 Å². The molecule has 2 rings (SSSR count). The summed E-state index contributed by atoms with van der Waals surface area (Å²) in [6, 6.07) is 9.22. The van der Waals surface area contributed by atoms with Crippen molar-refractivity contribution in [3.05, 3.63) is 30.3 Å². The van der Waals surface area contributed by atoms with E-state index in [9.17, 15) is 4.79 Å². The highest BCUT2D eigenvalue weighted by Crippen LogP contribution is 2.17. The molecule has 1 aliphatic rings. The molecule has 1 aromatic carbocycles. The van der Waals surface area contributed by atoms with Gasteiger partial charge < -0.3 is 9.84 Å². The fraction of sp³-hybridized carbons (Fsp3) is 0.533. The predicted molar refractivity (Wildman–Crippen MR) is 74.5 cm³/mol. The van der Waals surface area contributed by atoms with E-state index in [-0.39, 0.29) is 6.10 Å². The number of hydrogen-bond acceptors (Lipinski definition) is 4. The van der Waals surface area contributed by atoms with Gasteiger partial charge in [-0.05, 0) is 31.4 Å². The lowest BCUT2D eigenvalue weighted by molar-refractivity contribution is -0.140. The zero-order chi connectivity index (χ0) is 14.2. The molecule has 2 N–H and O–H groups in total. The number of carboxylic acid groups (broad SMARTS) is 1. The van der Waals surface area contributed by atoms with Crippen LogP contribution in [0.4, 0.5) is 0 Å². The van der Waals surface area contributed by atoms with Crippen molar-refractivity contribution in [3.8, 4) is 5.75 Å². The standard InChI is InChI=1S/C15H21NO4/c17-15(18)14-11-13(20-16-14)9-5-2-6-10-19-12-7-3-1-4-8-12/h1,3-4,7-8,13-14,16H,2,5-6,9-11H2,(H,17,18). The molecule has 0 saturated carbocycles. The van der Waals surface area contributed by atoms with Crippen molar-refractivity contribution in [1.82, 2.24) is 5.48 Å². The Morgan fingerprint density at radius 3 is 2.80 bits per heavy atom. The molecule has 0 amide bonds. The Morgan fingerprint density at radius 2 is 2.10 bits per heavy atom. The van der Waals surface area contributed by atoms with Crippen LogP contribution in [-0.4, -0.2) is 29.8 Å². The molecular formula is C15H21NO4. The third kappa shape index (κ3) is 4.83. The number of unbranched alkanes of at least 4 members (excludes halogenated alkanes) is 2. The maximum Gasteiger partial charge on any atom is 0.323 e. The van der Waals surface area contributed by atoms with E-state index in [0.717, 1.165) is 31.4 Å². The van der Waals surface area contributed by atoms with E-state index in [1.165, 1.54) is 0 Å². The zero-order valence-electron chi connectivity index (χ0n) is 11.5. The minimum atomic E-state index is -0.844. The van der Waals surface area contributed by atoms with Gasteiger partial charge in [-0.1, -0.05) is 24.6 Å². The first kappa shape index (κ1) is 14.8. The third-order valence-electron chi connectivity index (χ3n) is 3.36. The highest BCUT2D eigenvalue weighted by Gasteiger charge is 2.29. The molecule has 0 radical (unpaired) electrons. The number of aliphatic carboxylic acids is 1. The van der Waals surface area contributed by atoms with Crippen LogP contribution in [0.25, 0.3) is 0 Å². The quantitative estimate of drug-likeness (QED) is 0.715. The number of hydroxylamine groups is 1. The first-order chi connectivity index (χ1) is 9.75. The Morgan fingerprint density at radius 1 is 1.30 bits per heavy atom. The van der Waals surface area contributed by atoms with Crippen LogP contribution in [0.5, 0.6) is 5.75 Å². The van der Waals surface area contributed by atoms with E-state index in [1.807, 2.05) is 30.3 Å². The smallest absolute Gasteiger partial charge is 0.323 e. The SMILES string of the molecule is O=C(O)C1CC(CCCCCOc2ccccc2)ON1. The largest absolute Gasteiger partial charge is 0.494 e. The molecule has 110 valence electrons. The molecule has 0 aromatic heterocycles. The van der Waals surface area contributed by atoms with Crippen molar-refractivity contribution in [3.63, 3.8) is 0 Å². The van der Waals surface area contributed by atoms with E-state index >= 15 is 0 Å². The minimum absolute atomic E-state index is 0.0196. The molecule has 1 saturated heterocycles. The second-order valence-electron chi connectivity index (χ2n) is 5.00. The second kappa shape index (κ2) is 7.87.